The number of benzene rings is 2. The van der Waals surface area contributed by atoms with Gasteiger partial charge in [-0.25, -0.2) is 5.43 Å². The lowest BCUT2D eigenvalue weighted by molar-refractivity contribution is -0.385. The molecule has 0 aromatic heterocycles. The average Bonchev–Trinajstić information content (AvgIpc) is 3.15. The third kappa shape index (κ3) is 3.59. The minimum Gasteiger partial charge on any atom is -0.454 e. The number of aryl methyl sites for hydroxylation is 1. The van der Waals surface area contributed by atoms with Crippen LogP contribution in [0.25, 0.3) is 0 Å². The second-order valence-electron chi connectivity index (χ2n) is 6.47. The maximum atomic E-state index is 12.3. The fourth-order valence-corrected chi connectivity index (χ4v) is 3.37. The SMILES string of the molecule is O=C(CN1CCCc2ccccc21)N/N=C/c1cc2c(cc1[N+](=O)[O-])OCO2. The zero-order valence-electron chi connectivity index (χ0n) is 15.0. The number of rotatable bonds is 5. The van der Waals surface area contributed by atoms with Crippen molar-refractivity contribution in [2.45, 2.75) is 12.8 Å². The predicted octanol–water partition coefficient (Wildman–Crippen LogP) is 2.23. The van der Waals surface area contributed by atoms with Crippen LogP contribution in [0.3, 0.4) is 0 Å². The lowest BCUT2D eigenvalue weighted by Crippen LogP contribution is -2.38. The van der Waals surface area contributed by atoms with Gasteiger partial charge in [-0.3, -0.25) is 14.9 Å². The third-order valence-electron chi connectivity index (χ3n) is 4.65. The maximum absolute atomic E-state index is 12.3. The summed E-state index contributed by atoms with van der Waals surface area (Å²) in [4.78, 5) is 25.0. The Morgan fingerprint density at radius 2 is 2.07 bits per heavy atom. The Morgan fingerprint density at radius 3 is 2.89 bits per heavy atom. The van der Waals surface area contributed by atoms with Gasteiger partial charge in [-0.05, 0) is 30.5 Å². The molecule has 28 heavy (non-hydrogen) atoms. The molecule has 0 aliphatic carbocycles. The highest BCUT2D eigenvalue weighted by molar-refractivity contribution is 5.89. The standard InChI is InChI=1S/C19H18N4O5/c24-19(11-22-7-3-5-13-4-1-2-6-15(13)22)21-20-10-14-8-17-18(28-12-27-17)9-16(14)23(25)26/h1-2,4,6,8-10H,3,5,7,11-12H2,(H,21,24)/b20-10+. The minimum atomic E-state index is -0.532. The van der Waals surface area contributed by atoms with E-state index in [4.69, 9.17) is 9.47 Å². The van der Waals surface area contributed by atoms with Gasteiger partial charge in [0, 0.05) is 12.2 Å². The number of ether oxygens (including phenoxy) is 2. The first-order valence-corrected chi connectivity index (χ1v) is 8.84. The molecule has 1 N–H and O–H groups in total. The summed E-state index contributed by atoms with van der Waals surface area (Å²) in [5.74, 6) is 0.427. The number of anilines is 1. The summed E-state index contributed by atoms with van der Waals surface area (Å²) in [6.45, 7) is 0.973. The molecule has 9 nitrogen and oxygen atoms in total. The van der Waals surface area contributed by atoms with Crippen LogP contribution in [0.5, 0.6) is 11.5 Å². The molecule has 1 amide bonds. The highest BCUT2D eigenvalue weighted by Crippen LogP contribution is 2.37. The summed E-state index contributed by atoms with van der Waals surface area (Å²) in [5.41, 5.74) is 4.76. The third-order valence-corrected chi connectivity index (χ3v) is 4.65. The molecule has 0 saturated carbocycles. The van der Waals surface area contributed by atoms with Gasteiger partial charge in [0.2, 0.25) is 6.79 Å². The normalized spacial score (nSPS) is 14.8. The fourth-order valence-electron chi connectivity index (χ4n) is 3.37. The summed E-state index contributed by atoms with van der Waals surface area (Å²) < 4.78 is 10.4. The molecule has 0 fully saturated rings. The van der Waals surface area contributed by atoms with Crippen LogP contribution in [0.2, 0.25) is 0 Å². The molecule has 4 rings (SSSR count). The first kappa shape index (κ1) is 17.8. The van der Waals surface area contributed by atoms with Crippen molar-refractivity contribution >= 4 is 23.5 Å². The number of para-hydroxylation sites is 1. The van der Waals surface area contributed by atoms with E-state index >= 15 is 0 Å². The van der Waals surface area contributed by atoms with E-state index in [1.807, 2.05) is 23.1 Å². The lowest BCUT2D eigenvalue weighted by Gasteiger charge is -2.30. The molecule has 9 heteroatoms. The van der Waals surface area contributed by atoms with Crippen LogP contribution in [0.4, 0.5) is 11.4 Å². The number of nitrogens with zero attached hydrogens (tertiary/aromatic N) is 3. The zero-order valence-corrected chi connectivity index (χ0v) is 15.0. The monoisotopic (exact) mass is 382 g/mol. The molecule has 2 aromatic carbocycles. The van der Waals surface area contributed by atoms with E-state index < -0.39 is 4.92 Å². The Morgan fingerprint density at radius 1 is 1.29 bits per heavy atom. The Labute approximate surface area is 160 Å². The first-order chi connectivity index (χ1) is 13.6. The predicted molar refractivity (Wildman–Crippen MR) is 102 cm³/mol. The first-order valence-electron chi connectivity index (χ1n) is 8.84. The van der Waals surface area contributed by atoms with Gasteiger partial charge < -0.3 is 14.4 Å². The van der Waals surface area contributed by atoms with Crippen LogP contribution in [0.15, 0.2) is 41.5 Å². The molecule has 2 aliphatic rings. The van der Waals surface area contributed by atoms with Crippen LogP contribution < -0.4 is 19.8 Å². The summed E-state index contributed by atoms with van der Waals surface area (Å²) in [5, 5.41) is 15.1. The number of fused-ring (bicyclic) bond motifs is 2. The van der Waals surface area contributed by atoms with E-state index in [9.17, 15) is 14.9 Å². The van der Waals surface area contributed by atoms with Crippen molar-refractivity contribution < 1.29 is 19.2 Å². The number of hydrogen-bond donors (Lipinski definition) is 1. The Bertz CT molecular complexity index is 959. The van der Waals surface area contributed by atoms with Crippen LogP contribution in [-0.4, -0.2) is 36.9 Å². The molecular formula is C19H18N4O5. The van der Waals surface area contributed by atoms with Crippen molar-refractivity contribution in [3.63, 3.8) is 0 Å². The molecule has 2 aliphatic heterocycles. The number of hydrazone groups is 1. The van der Waals surface area contributed by atoms with Crippen LogP contribution in [0.1, 0.15) is 17.5 Å². The summed E-state index contributed by atoms with van der Waals surface area (Å²) in [6, 6.07) is 10.8. The second-order valence-corrected chi connectivity index (χ2v) is 6.47. The summed E-state index contributed by atoms with van der Waals surface area (Å²) in [7, 11) is 0. The van der Waals surface area contributed by atoms with E-state index in [0.29, 0.717) is 11.5 Å². The molecule has 0 bridgehead atoms. The van der Waals surface area contributed by atoms with Crippen molar-refractivity contribution in [2.24, 2.45) is 5.10 Å². The molecule has 0 atom stereocenters. The van der Waals surface area contributed by atoms with E-state index in [1.54, 1.807) is 0 Å². The van der Waals surface area contributed by atoms with E-state index in [0.717, 1.165) is 25.1 Å². The van der Waals surface area contributed by atoms with Crippen molar-refractivity contribution in [2.75, 3.05) is 24.8 Å². The fraction of sp³-hybridized carbons (Fsp3) is 0.263. The number of carbonyl (C=O) groups is 1. The zero-order chi connectivity index (χ0) is 19.5. The second kappa shape index (κ2) is 7.55. The van der Waals surface area contributed by atoms with Gasteiger partial charge in [0.15, 0.2) is 11.5 Å². The number of hydrogen-bond acceptors (Lipinski definition) is 7. The van der Waals surface area contributed by atoms with E-state index in [1.165, 1.54) is 23.9 Å². The number of nitrogens with one attached hydrogen (secondary N) is 1. The van der Waals surface area contributed by atoms with Crippen molar-refractivity contribution in [3.8, 4) is 11.5 Å². The lowest BCUT2D eigenvalue weighted by atomic mass is 10.0. The largest absolute Gasteiger partial charge is 0.454 e. The summed E-state index contributed by atoms with van der Waals surface area (Å²) >= 11 is 0. The molecule has 0 saturated heterocycles. The Kier molecular flexibility index (Phi) is 4.79. The molecule has 2 heterocycles. The molecule has 0 spiro atoms. The minimum absolute atomic E-state index is 0.0150. The molecule has 0 radical (unpaired) electrons. The average molecular weight is 382 g/mol. The smallest absolute Gasteiger partial charge is 0.282 e. The Balaban J connectivity index is 1.43. The van der Waals surface area contributed by atoms with E-state index in [2.05, 4.69) is 16.6 Å². The quantitative estimate of drug-likeness (QED) is 0.483. The highest BCUT2D eigenvalue weighted by Gasteiger charge is 2.23. The van der Waals surface area contributed by atoms with Gasteiger partial charge in [0.1, 0.15) is 0 Å². The van der Waals surface area contributed by atoms with Crippen LogP contribution >= 0.6 is 0 Å². The van der Waals surface area contributed by atoms with Crippen LogP contribution in [0, 0.1) is 10.1 Å². The van der Waals surface area contributed by atoms with Gasteiger partial charge in [-0.15, -0.1) is 0 Å². The van der Waals surface area contributed by atoms with Gasteiger partial charge in [0.05, 0.1) is 29.3 Å². The number of carbonyl (C=O) groups excluding carboxylic acids is 1. The van der Waals surface area contributed by atoms with E-state index in [-0.39, 0.29) is 30.5 Å². The summed E-state index contributed by atoms with van der Waals surface area (Å²) in [6.07, 6.45) is 3.22. The molecular weight excluding hydrogens is 364 g/mol. The van der Waals surface area contributed by atoms with Crippen molar-refractivity contribution in [3.05, 3.63) is 57.6 Å². The number of nitro groups is 1. The molecule has 144 valence electrons. The highest BCUT2D eigenvalue weighted by atomic mass is 16.7. The van der Waals surface area contributed by atoms with Crippen molar-refractivity contribution in [1.82, 2.24) is 5.43 Å². The van der Waals surface area contributed by atoms with Gasteiger partial charge in [-0.1, -0.05) is 18.2 Å². The topological polar surface area (TPSA) is 106 Å². The number of amides is 1. The van der Waals surface area contributed by atoms with Gasteiger partial charge in [-0.2, -0.15) is 5.10 Å². The number of nitro benzene ring substituents is 1. The van der Waals surface area contributed by atoms with Crippen LogP contribution in [-0.2, 0) is 11.2 Å². The maximum Gasteiger partial charge on any atom is 0.282 e. The van der Waals surface area contributed by atoms with Crippen molar-refractivity contribution in [1.29, 1.82) is 0 Å². The van der Waals surface area contributed by atoms with Gasteiger partial charge in [0.25, 0.3) is 11.6 Å². The van der Waals surface area contributed by atoms with Gasteiger partial charge >= 0.3 is 0 Å². The molecule has 2 aromatic rings. The molecule has 0 unspecified atom stereocenters. The Hall–Kier alpha value is -3.62.